The molecule has 0 radical (unpaired) electrons. The number of alkyl halides is 6. The minimum atomic E-state index is -4.97. The maximum absolute atomic E-state index is 13.3. The van der Waals surface area contributed by atoms with Crippen molar-refractivity contribution in [2.45, 2.75) is 235 Å². The van der Waals surface area contributed by atoms with Gasteiger partial charge in [-0.3, -0.25) is 14.4 Å². The van der Waals surface area contributed by atoms with Gasteiger partial charge in [0.2, 0.25) is 27.7 Å². The van der Waals surface area contributed by atoms with Crippen LogP contribution in [-0.4, -0.2) is 85.7 Å². The number of carbonyl (C=O) groups is 3. The first-order valence-electron chi connectivity index (χ1n) is 32.9. The predicted molar refractivity (Wildman–Crippen MR) is 332 cm³/mol. The molecule has 2 unspecified atom stereocenters. The van der Waals surface area contributed by atoms with E-state index in [1.165, 1.54) is 56.5 Å². The summed E-state index contributed by atoms with van der Waals surface area (Å²) in [6, 6.07) is 13.6. The van der Waals surface area contributed by atoms with Gasteiger partial charge in [-0.15, -0.1) is 0 Å². The summed E-state index contributed by atoms with van der Waals surface area (Å²) < 4.78 is 127. The number of hydrogen-bond acceptors (Lipinski definition) is 19. The van der Waals surface area contributed by atoms with Gasteiger partial charge < -0.3 is 40.6 Å². The number of benzene rings is 3. The minimum absolute atomic E-state index is 0. The molecule has 19 nitrogen and oxygen atoms in total. The number of ketones is 2. The Balaban J connectivity index is 0.000000174. The Morgan fingerprint density at radius 3 is 1.69 bits per heavy atom. The van der Waals surface area contributed by atoms with Gasteiger partial charge in [-0.2, -0.15) is 26.3 Å². The standard InChI is InChI=1S/C19H18F6O3.C16H26O4.C15H22O5.C12H12N2O2S.C4H8O3.C3H8.Na/c1-10-15(26)8-13-9-16(10)27-28-17(13,2)6-5-11-3-4-12(18(20,21)22)7-14(11)19(23,24)25;1-9-5-6-13-10(2)11(3)17-14-16(13)12(9)7-8-15(4,18-14)19-20-16;1-8-4-5-11-9(2)12(16)17-13-15(11)10(8)6-7-14(3,18-13)19-20-15;13-9-1-5-11(6-2-9)17(15,16)12-7-3-10(14)4-8-12;1-4(5)2-3-7-6;1-3-2;/h3-7,10,13,16H,8-9H2,1-2H3;9-14H,5-8H2,1-4H3;8-11,13H,4-7H2,1-3H3;1-8H,13-14H2;6H,2-3H2,1H3;3H2,1-2H3;/q;;;;;;+1/p-1/b6-5-;;;;;;/t10-,13?,16+,17+;9-,10+,11?,12+,13+,14-,15-,16-;8-,9-,10+,11+,13-,14-,15-;;;;/m111..../s1. The Labute approximate surface area is 580 Å². The van der Waals surface area contributed by atoms with Gasteiger partial charge in [-0.25, -0.2) is 37.7 Å². The first kappa shape index (κ1) is 79.2. The molecular formula is C69H93F6N2NaO17S. The largest absolute Gasteiger partial charge is 1.00 e. The summed E-state index contributed by atoms with van der Waals surface area (Å²) in [4.78, 5) is 72.0. The van der Waals surface area contributed by atoms with Crippen molar-refractivity contribution in [3.63, 3.8) is 0 Å². The number of halogens is 6. The molecule has 9 aliphatic heterocycles. The van der Waals surface area contributed by atoms with E-state index >= 15 is 0 Å². The van der Waals surface area contributed by atoms with Gasteiger partial charge >= 0.3 is 47.9 Å². The number of nitrogen functional groups attached to an aromatic ring is 2. The maximum atomic E-state index is 13.3. The van der Waals surface area contributed by atoms with Crippen molar-refractivity contribution in [1.29, 1.82) is 0 Å². The number of sulfone groups is 1. The predicted octanol–water partition coefficient (Wildman–Crippen LogP) is 10.5. The van der Waals surface area contributed by atoms with E-state index in [-0.39, 0.29) is 124 Å². The second-order valence-corrected chi connectivity index (χ2v) is 29.7. The fraction of sp³-hybridized carbons (Fsp3) is 0.667. The summed E-state index contributed by atoms with van der Waals surface area (Å²) in [6.07, 6.45) is 1.95. The van der Waals surface area contributed by atoms with Crippen molar-refractivity contribution in [3.05, 3.63) is 89.5 Å². The van der Waals surface area contributed by atoms with Gasteiger partial charge in [0.25, 0.3) is 0 Å². The first-order chi connectivity index (χ1) is 44.4. The number of rotatable bonds is 7. The van der Waals surface area contributed by atoms with Crippen LogP contribution < -0.4 is 46.3 Å². The van der Waals surface area contributed by atoms with Crippen molar-refractivity contribution < 1.29 is 137 Å². The van der Waals surface area contributed by atoms with Gasteiger partial charge in [0.05, 0.1) is 32.9 Å². The monoisotopic (exact) mass is 1390 g/mol. The molecule has 12 aliphatic rings. The molecule has 3 aromatic carbocycles. The van der Waals surface area contributed by atoms with Gasteiger partial charge in [0.15, 0.2) is 17.5 Å². The van der Waals surface area contributed by atoms with Crippen LogP contribution in [-0.2, 0) is 89.7 Å². The van der Waals surface area contributed by atoms with Crippen LogP contribution in [0.1, 0.15) is 177 Å². The molecule has 3 aromatic rings. The summed E-state index contributed by atoms with van der Waals surface area (Å²) in [6.45, 7) is 23.8. The number of Topliss-reactive ketones (excluding diaryl/α,β-unsaturated/α-hetero) is 2. The van der Waals surface area contributed by atoms with E-state index in [0.717, 1.165) is 50.7 Å². The molecular weight excluding hydrogens is 1300 g/mol. The fourth-order valence-electron chi connectivity index (χ4n) is 15.0. The van der Waals surface area contributed by atoms with Crippen molar-refractivity contribution in [2.75, 3.05) is 18.1 Å². The van der Waals surface area contributed by atoms with Crippen molar-refractivity contribution >= 4 is 44.8 Å². The molecule has 27 heteroatoms. The molecule has 530 valence electrons. The summed E-state index contributed by atoms with van der Waals surface area (Å²) in [5.74, 6) is 0.642. The second-order valence-electron chi connectivity index (χ2n) is 27.8. The number of nitrogens with two attached hydrogens (primary N) is 2. The van der Waals surface area contributed by atoms with Gasteiger partial charge in [0, 0.05) is 73.3 Å². The normalized spacial score (nSPS) is 36.9. The van der Waals surface area contributed by atoms with E-state index in [1.54, 1.807) is 38.1 Å². The van der Waals surface area contributed by atoms with Crippen LogP contribution in [0.5, 0.6) is 0 Å². The molecule has 2 spiro atoms. The number of fused-ring (bicyclic) bond motifs is 6. The average Bonchev–Trinajstić information content (AvgIpc) is 1.33. The zero-order valence-electron chi connectivity index (χ0n) is 57.1. The molecule has 3 saturated carbocycles. The van der Waals surface area contributed by atoms with Crippen molar-refractivity contribution in [2.24, 2.45) is 59.2 Å². The smallest absolute Gasteiger partial charge is 0.723 e. The molecule has 9 heterocycles. The van der Waals surface area contributed by atoms with Crippen molar-refractivity contribution in [1.82, 2.24) is 0 Å². The zero-order chi connectivity index (χ0) is 70.0. The number of carbonyl (C=O) groups excluding carboxylic acids is 3. The number of anilines is 2. The fourth-order valence-corrected chi connectivity index (χ4v) is 16.3. The van der Waals surface area contributed by atoms with Gasteiger partial charge in [-0.05, 0) is 176 Å². The van der Waals surface area contributed by atoms with Crippen LogP contribution >= 0.6 is 0 Å². The quantitative estimate of drug-likeness (QED) is 0.0556. The molecule has 4 N–H and O–H groups in total. The maximum Gasteiger partial charge on any atom is 1.00 e. The van der Waals surface area contributed by atoms with Crippen LogP contribution in [0, 0.1) is 59.2 Å². The summed E-state index contributed by atoms with van der Waals surface area (Å²) in [5.41, 5.74) is 6.72. The Bertz CT molecular complexity index is 3240. The van der Waals surface area contributed by atoms with Crippen LogP contribution in [0.25, 0.3) is 6.08 Å². The summed E-state index contributed by atoms with van der Waals surface area (Å²) >= 11 is 0. The SMILES string of the molecule is CC(=O)CCO[O-].CC1O[C@@H]2O[C@@]3(C)CC[C@H]4[C@H](C)CC[C@@H]([C@H]1C)[C@@]24OO3.CCC.C[C@@H]1C(=O)CC2C[C@@H]1OO[C@@]2(C)/C=C\c1ccc(C(F)(F)F)cc1C(F)(F)F.C[C@@H]1CC[C@H]2[C@@H](C)C(=O)O[C@@H]3O[C@@]4(C)CC[C@@H]1[C@]32OO4.Nc1ccc(S(=O)(=O)c2ccc(N)cc2)cc1.[Na+]. The van der Waals surface area contributed by atoms with Crippen molar-refractivity contribution in [3.8, 4) is 0 Å². The topological polar surface area (TPSA) is 262 Å². The molecule has 19 atom stereocenters. The molecule has 12 fully saturated rings. The minimum Gasteiger partial charge on any atom is -0.723 e. The number of hydrogen-bond donors (Lipinski definition) is 2. The third-order valence-corrected chi connectivity index (χ3v) is 22.6. The Hall–Kier alpha value is -4.10. The van der Waals surface area contributed by atoms with E-state index in [2.05, 4.69) is 46.4 Å². The number of esters is 1. The van der Waals surface area contributed by atoms with E-state index in [9.17, 15) is 54.4 Å². The molecule has 0 aromatic heterocycles. The molecule has 15 rings (SSSR count). The average molecular weight is 1390 g/mol. The Morgan fingerprint density at radius 2 is 1.20 bits per heavy atom. The van der Waals surface area contributed by atoms with Gasteiger partial charge in [0.1, 0.15) is 23.3 Å². The van der Waals surface area contributed by atoms with Crippen LogP contribution in [0.2, 0.25) is 0 Å². The second kappa shape index (κ2) is 31.4. The Morgan fingerprint density at radius 1 is 0.688 bits per heavy atom. The van der Waals surface area contributed by atoms with Crippen LogP contribution in [0.15, 0.2) is 82.6 Å². The van der Waals surface area contributed by atoms with E-state index in [0.29, 0.717) is 59.4 Å². The van der Waals surface area contributed by atoms with Crippen LogP contribution in [0.4, 0.5) is 37.7 Å². The van der Waals surface area contributed by atoms with E-state index < -0.39 is 74.1 Å². The van der Waals surface area contributed by atoms with Gasteiger partial charge in [-0.1, -0.05) is 67.0 Å². The molecule has 96 heavy (non-hydrogen) atoms. The number of ether oxygens (including phenoxy) is 4. The molecule has 3 aliphatic carbocycles. The molecule has 9 saturated heterocycles. The Kier molecular flexibility index (Phi) is 25.9. The van der Waals surface area contributed by atoms with Crippen LogP contribution in [0.3, 0.4) is 0 Å². The molecule has 0 amide bonds. The first-order valence-corrected chi connectivity index (χ1v) is 34.4. The van der Waals surface area contributed by atoms with E-state index in [1.807, 2.05) is 20.8 Å². The van der Waals surface area contributed by atoms with E-state index in [4.69, 9.17) is 59.7 Å². The summed E-state index contributed by atoms with van der Waals surface area (Å²) in [7, 11) is -3.48. The molecule has 6 bridgehead atoms. The zero-order valence-corrected chi connectivity index (χ0v) is 59.9. The summed E-state index contributed by atoms with van der Waals surface area (Å²) in [5, 5.41) is 9.18. The third kappa shape index (κ3) is 16.9. The third-order valence-electron chi connectivity index (χ3n) is 20.9.